The van der Waals surface area contributed by atoms with Gasteiger partial charge in [0.25, 0.3) is 0 Å². The minimum atomic E-state index is 0.291. The highest BCUT2D eigenvalue weighted by Crippen LogP contribution is 2.34. The van der Waals surface area contributed by atoms with Crippen LogP contribution in [0.25, 0.3) is 16.9 Å². The van der Waals surface area contributed by atoms with Gasteiger partial charge in [-0.15, -0.1) is 0 Å². The van der Waals surface area contributed by atoms with Crippen LogP contribution in [0.15, 0.2) is 36.5 Å². The van der Waals surface area contributed by atoms with Crippen LogP contribution >= 0.6 is 0 Å². The SMILES string of the molecule is Cc1nn(-c2ccccn2)c2nc(C3CCCN3CC(C)(C)C)ccc12. The summed E-state index contributed by atoms with van der Waals surface area (Å²) in [5.41, 5.74) is 3.33. The van der Waals surface area contributed by atoms with Crippen LogP contribution < -0.4 is 0 Å². The van der Waals surface area contributed by atoms with E-state index in [0.717, 1.165) is 41.3 Å². The third kappa shape index (κ3) is 3.23. The van der Waals surface area contributed by atoms with E-state index in [1.54, 1.807) is 6.20 Å². The fourth-order valence-corrected chi connectivity index (χ4v) is 3.94. The Kier molecular flexibility index (Phi) is 4.27. The fraction of sp³-hybridized carbons (Fsp3) is 0.476. The normalized spacial score (nSPS) is 18.7. The number of nitrogens with zero attached hydrogens (tertiary/aromatic N) is 5. The van der Waals surface area contributed by atoms with Gasteiger partial charge in [0.1, 0.15) is 0 Å². The van der Waals surface area contributed by atoms with E-state index < -0.39 is 0 Å². The van der Waals surface area contributed by atoms with Gasteiger partial charge in [-0.3, -0.25) is 4.90 Å². The molecule has 0 bridgehead atoms. The van der Waals surface area contributed by atoms with Crippen molar-refractivity contribution < 1.29 is 0 Å². The van der Waals surface area contributed by atoms with Crippen LogP contribution in [0.1, 0.15) is 51.0 Å². The maximum atomic E-state index is 5.05. The first kappa shape index (κ1) is 17.2. The number of aryl methyl sites for hydroxylation is 1. The number of hydrogen-bond acceptors (Lipinski definition) is 4. The first-order valence-corrected chi connectivity index (χ1v) is 9.44. The Bertz CT molecular complexity index is 907. The summed E-state index contributed by atoms with van der Waals surface area (Å²) in [5.74, 6) is 0.813. The highest BCUT2D eigenvalue weighted by molar-refractivity contribution is 5.79. The van der Waals surface area contributed by atoms with E-state index in [-0.39, 0.29) is 0 Å². The van der Waals surface area contributed by atoms with Crippen molar-refractivity contribution in [3.63, 3.8) is 0 Å². The summed E-state index contributed by atoms with van der Waals surface area (Å²) in [6, 6.07) is 10.6. The predicted molar refractivity (Wildman–Crippen MR) is 104 cm³/mol. The number of aromatic nitrogens is 4. The summed E-state index contributed by atoms with van der Waals surface area (Å²) in [5, 5.41) is 5.78. The monoisotopic (exact) mass is 349 g/mol. The summed E-state index contributed by atoms with van der Waals surface area (Å²) >= 11 is 0. The van der Waals surface area contributed by atoms with Gasteiger partial charge in [0, 0.05) is 18.1 Å². The third-order valence-corrected chi connectivity index (χ3v) is 4.99. The fourth-order valence-electron chi connectivity index (χ4n) is 3.94. The van der Waals surface area contributed by atoms with Crippen molar-refractivity contribution in [3.8, 4) is 5.82 Å². The zero-order valence-electron chi connectivity index (χ0n) is 16.1. The molecule has 0 spiro atoms. The first-order valence-electron chi connectivity index (χ1n) is 9.44. The number of likely N-dealkylation sites (tertiary alicyclic amines) is 1. The molecule has 3 aromatic heterocycles. The zero-order chi connectivity index (χ0) is 18.3. The molecule has 0 saturated carbocycles. The molecule has 1 aliphatic heterocycles. The molecule has 1 unspecified atom stereocenters. The average molecular weight is 349 g/mol. The lowest BCUT2D eigenvalue weighted by Gasteiger charge is -2.31. The molecule has 0 N–H and O–H groups in total. The lowest BCUT2D eigenvalue weighted by molar-refractivity contribution is 0.176. The number of rotatable bonds is 3. The second-order valence-electron chi connectivity index (χ2n) is 8.48. The quantitative estimate of drug-likeness (QED) is 0.707. The largest absolute Gasteiger partial charge is 0.294 e. The van der Waals surface area contributed by atoms with Gasteiger partial charge in [-0.05, 0) is 56.0 Å². The Hall–Kier alpha value is -2.27. The molecule has 0 amide bonds. The number of pyridine rings is 2. The highest BCUT2D eigenvalue weighted by Gasteiger charge is 2.30. The van der Waals surface area contributed by atoms with E-state index in [4.69, 9.17) is 4.98 Å². The number of fused-ring (bicyclic) bond motifs is 1. The summed E-state index contributed by atoms with van der Waals surface area (Å²) in [6.45, 7) is 11.2. The van der Waals surface area contributed by atoms with E-state index in [1.807, 2.05) is 29.8 Å². The molecular formula is C21H27N5. The Labute approximate surface area is 155 Å². The summed E-state index contributed by atoms with van der Waals surface area (Å²) in [6.07, 6.45) is 4.20. The van der Waals surface area contributed by atoms with Crippen molar-refractivity contribution in [2.45, 2.75) is 46.6 Å². The molecule has 1 fully saturated rings. The molecule has 5 nitrogen and oxygen atoms in total. The third-order valence-electron chi connectivity index (χ3n) is 4.99. The van der Waals surface area contributed by atoms with Gasteiger partial charge in [0.2, 0.25) is 0 Å². The predicted octanol–water partition coefficient (Wildman–Crippen LogP) is 4.31. The van der Waals surface area contributed by atoms with Crippen molar-refractivity contribution in [2.24, 2.45) is 5.41 Å². The van der Waals surface area contributed by atoms with Crippen molar-refractivity contribution in [2.75, 3.05) is 13.1 Å². The molecule has 0 aliphatic carbocycles. The number of hydrogen-bond donors (Lipinski definition) is 0. The van der Waals surface area contributed by atoms with Gasteiger partial charge >= 0.3 is 0 Å². The van der Waals surface area contributed by atoms with Gasteiger partial charge in [-0.2, -0.15) is 9.78 Å². The van der Waals surface area contributed by atoms with Crippen LogP contribution in [-0.2, 0) is 0 Å². The second-order valence-corrected chi connectivity index (χ2v) is 8.48. The summed E-state index contributed by atoms with van der Waals surface area (Å²) < 4.78 is 1.87. The van der Waals surface area contributed by atoms with Gasteiger partial charge in [-0.1, -0.05) is 26.8 Å². The van der Waals surface area contributed by atoms with Crippen LogP contribution in [-0.4, -0.2) is 37.7 Å². The topological polar surface area (TPSA) is 46.8 Å². The molecular weight excluding hydrogens is 322 g/mol. The molecule has 4 rings (SSSR count). The van der Waals surface area contributed by atoms with E-state index in [0.29, 0.717) is 11.5 Å². The van der Waals surface area contributed by atoms with Crippen LogP contribution in [0, 0.1) is 12.3 Å². The molecule has 4 heterocycles. The first-order chi connectivity index (χ1) is 12.4. The van der Waals surface area contributed by atoms with Crippen LogP contribution in [0.3, 0.4) is 0 Å². The zero-order valence-corrected chi connectivity index (χ0v) is 16.1. The second kappa shape index (κ2) is 6.47. The van der Waals surface area contributed by atoms with E-state index in [2.05, 4.69) is 47.9 Å². The van der Waals surface area contributed by atoms with Crippen molar-refractivity contribution in [1.29, 1.82) is 0 Å². The lowest BCUT2D eigenvalue weighted by atomic mass is 9.95. The molecule has 0 radical (unpaired) electrons. The Morgan fingerprint density at radius 3 is 2.73 bits per heavy atom. The van der Waals surface area contributed by atoms with Crippen molar-refractivity contribution in [3.05, 3.63) is 47.9 Å². The molecule has 1 atom stereocenters. The smallest absolute Gasteiger partial charge is 0.165 e. The molecule has 5 heteroatoms. The van der Waals surface area contributed by atoms with Crippen LogP contribution in [0.2, 0.25) is 0 Å². The lowest BCUT2D eigenvalue weighted by Crippen LogP contribution is -2.32. The minimum absolute atomic E-state index is 0.291. The molecule has 136 valence electrons. The van der Waals surface area contributed by atoms with Crippen LogP contribution in [0.4, 0.5) is 0 Å². The van der Waals surface area contributed by atoms with Gasteiger partial charge in [0.05, 0.1) is 17.4 Å². The van der Waals surface area contributed by atoms with E-state index in [9.17, 15) is 0 Å². The van der Waals surface area contributed by atoms with Crippen LogP contribution in [0.5, 0.6) is 0 Å². The molecule has 1 aliphatic rings. The van der Waals surface area contributed by atoms with Gasteiger partial charge < -0.3 is 0 Å². The minimum Gasteiger partial charge on any atom is -0.294 e. The van der Waals surface area contributed by atoms with E-state index >= 15 is 0 Å². The Balaban J connectivity index is 1.75. The molecule has 3 aromatic rings. The van der Waals surface area contributed by atoms with Gasteiger partial charge in [-0.25, -0.2) is 9.97 Å². The van der Waals surface area contributed by atoms with Crippen molar-refractivity contribution >= 4 is 11.0 Å². The van der Waals surface area contributed by atoms with E-state index in [1.165, 1.54) is 12.8 Å². The maximum absolute atomic E-state index is 5.05. The molecule has 1 saturated heterocycles. The summed E-state index contributed by atoms with van der Waals surface area (Å²) in [7, 11) is 0. The standard InChI is InChI=1S/C21H27N5/c1-15-16-10-11-17(18-8-7-13-25(18)14-21(2,3)4)23-20(16)26(24-15)19-9-5-6-12-22-19/h5-6,9-12,18H,7-8,13-14H2,1-4H3. The Morgan fingerprint density at radius 2 is 2.00 bits per heavy atom. The highest BCUT2D eigenvalue weighted by atomic mass is 15.3. The molecule has 0 aromatic carbocycles. The maximum Gasteiger partial charge on any atom is 0.165 e. The molecule has 26 heavy (non-hydrogen) atoms. The van der Waals surface area contributed by atoms with Crippen molar-refractivity contribution in [1.82, 2.24) is 24.6 Å². The van der Waals surface area contributed by atoms with Gasteiger partial charge in [0.15, 0.2) is 11.5 Å². The Morgan fingerprint density at radius 1 is 1.15 bits per heavy atom. The average Bonchev–Trinajstić information content (AvgIpc) is 3.18. The summed E-state index contributed by atoms with van der Waals surface area (Å²) in [4.78, 5) is 12.1.